The zero-order chi connectivity index (χ0) is 11.7. The van der Waals surface area contributed by atoms with Crippen molar-refractivity contribution in [3.63, 3.8) is 0 Å². The molecule has 0 N–H and O–H groups in total. The Hall–Kier alpha value is -1.58. The summed E-state index contributed by atoms with van der Waals surface area (Å²) >= 11 is 0. The first-order valence-electron chi connectivity index (χ1n) is 5.24. The highest BCUT2D eigenvalue weighted by Gasteiger charge is 2.36. The van der Waals surface area contributed by atoms with Crippen LogP contribution >= 0.6 is 0 Å². The minimum Gasteiger partial charge on any atom is -0.467 e. The third-order valence-corrected chi connectivity index (χ3v) is 2.90. The Morgan fingerprint density at radius 2 is 2.31 bits per heavy atom. The molecule has 86 valence electrons. The highest BCUT2D eigenvalue weighted by molar-refractivity contribution is 5.82. The summed E-state index contributed by atoms with van der Waals surface area (Å²) in [6.45, 7) is 2.59. The molecule has 1 aliphatic rings. The molecule has 0 amide bonds. The number of carbonyl (C=O) groups excluding carboxylic acids is 1. The molecule has 4 heteroatoms. The van der Waals surface area contributed by atoms with Crippen molar-refractivity contribution in [1.29, 1.82) is 0 Å². The molecule has 1 fully saturated rings. The van der Waals surface area contributed by atoms with E-state index in [2.05, 4.69) is 4.74 Å². The molecule has 3 nitrogen and oxygen atoms in total. The maximum absolute atomic E-state index is 13.6. The summed E-state index contributed by atoms with van der Waals surface area (Å²) in [5.74, 6) is -0.591. The van der Waals surface area contributed by atoms with Crippen molar-refractivity contribution >= 4 is 11.7 Å². The zero-order valence-electron chi connectivity index (χ0n) is 9.37. The average Bonchev–Trinajstić information content (AvgIpc) is 2.21. The van der Waals surface area contributed by atoms with Gasteiger partial charge in [-0.05, 0) is 31.0 Å². The van der Waals surface area contributed by atoms with E-state index >= 15 is 0 Å². The Balaban J connectivity index is 2.24. The summed E-state index contributed by atoms with van der Waals surface area (Å²) in [4.78, 5) is 13.1. The normalized spacial score (nSPS) is 19.2. The largest absolute Gasteiger partial charge is 0.467 e. The van der Waals surface area contributed by atoms with Gasteiger partial charge in [0.05, 0.1) is 12.8 Å². The molecule has 1 aromatic rings. The number of carbonyl (C=O) groups is 1. The molecule has 1 atom stereocenters. The highest BCUT2D eigenvalue weighted by atomic mass is 19.1. The van der Waals surface area contributed by atoms with Crippen LogP contribution in [0.1, 0.15) is 12.0 Å². The van der Waals surface area contributed by atoms with Crippen LogP contribution in [0.25, 0.3) is 0 Å². The summed E-state index contributed by atoms with van der Waals surface area (Å²) in [5, 5.41) is 0. The van der Waals surface area contributed by atoms with Crippen LogP contribution in [0.5, 0.6) is 0 Å². The lowest BCUT2D eigenvalue weighted by atomic mass is 10.0. The van der Waals surface area contributed by atoms with Crippen molar-refractivity contribution in [3.8, 4) is 0 Å². The van der Waals surface area contributed by atoms with Gasteiger partial charge in [0.25, 0.3) is 0 Å². The van der Waals surface area contributed by atoms with E-state index < -0.39 is 0 Å². The number of nitrogens with zero attached hydrogens (tertiary/aromatic N) is 1. The van der Waals surface area contributed by atoms with E-state index in [4.69, 9.17) is 0 Å². The minimum absolute atomic E-state index is 0.292. The van der Waals surface area contributed by atoms with E-state index in [1.54, 1.807) is 17.0 Å². The van der Waals surface area contributed by atoms with Crippen molar-refractivity contribution in [1.82, 2.24) is 0 Å². The molecular formula is C12H14FNO2. The SMILES string of the molecule is COC(=O)C1CCN1c1cc(C)ccc1F. The molecule has 0 radical (unpaired) electrons. The summed E-state index contributed by atoms with van der Waals surface area (Å²) < 4.78 is 18.3. The van der Waals surface area contributed by atoms with Crippen LogP contribution in [0, 0.1) is 12.7 Å². The van der Waals surface area contributed by atoms with Gasteiger partial charge < -0.3 is 9.64 Å². The monoisotopic (exact) mass is 223 g/mol. The molecule has 16 heavy (non-hydrogen) atoms. The Labute approximate surface area is 93.8 Å². The van der Waals surface area contributed by atoms with Gasteiger partial charge in [-0.3, -0.25) is 0 Å². The summed E-state index contributed by atoms with van der Waals surface area (Å²) in [5.41, 5.74) is 1.47. The molecule has 1 unspecified atom stereocenters. The van der Waals surface area contributed by atoms with E-state index in [0.717, 1.165) is 12.0 Å². The lowest BCUT2D eigenvalue weighted by Crippen LogP contribution is -2.53. The quantitative estimate of drug-likeness (QED) is 0.717. The lowest BCUT2D eigenvalue weighted by molar-refractivity contribution is -0.143. The first kappa shape index (κ1) is 10.9. The van der Waals surface area contributed by atoms with Crippen molar-refractivity contribution < 1.29 is 13.9 Å². The average molecular weight is 223 g/mol. The zero-order valence-corrected chi connectivity index (χ0v) is 9.37. The second kappa shape index (κ2) is 4.12. The van der Waals surface area contributed by atoms with E-state index in [1.165, 1.54) is 13.2 Å². The first-order chi connectivity index (χ1) is 7.63. The molecule has 0 aliphatic carbocycles. The molecule has 1 aliphatic heterocycles. The molecule has 0 bridgehead atoms. The number of benzene rings is 1. The fraction of sp³-hybridized carbons (Fsp3) is 0.417. The van der Waals surface area contributed by atoms with Gasteiger partial charge in [-0.1, -0.05) is 6.07 Å². The molecule has 1 aromatic carbocycles. The Morgan fingerprint density at radius 1 is 1.56 bits per heavy atom. The summed E-state index contributed by atoms with van der Waals surface area (Å²) in [6.07, 6.45) is 0.722. The van der Waals surface area contributed by atoms with Gasteiger partial charge in [0.2, 0.25) is 0 Å². The van der Waals surface area contributed by atoms with Crippen LogP contribution in [0.3, 0.4) is 0 Å². The predicted octanol–water partition coefficient (Wildman–Crippen LogP) is 1.89. The van der Waals surface area contributed by atoms with Gasteiger partial charge in [0.15, 0.2) is 0 Å². The van der Waals surface area contributed by atoms with E-state index in [-0.39, 0.29) is 17.8 Å². The number of methoxy groups -OCH3 is 1. The fourth-order valence-corrected chi connectivity index (χ4v) is 1.90. The number of halogens is 1. The topological polar surface area (TPSA) is 29.5 Å². The van der Waals surface area contributed by atoms with Gasteiger partial charge >= 0.3 is 5.97 Å². The first-order valence-corrected chi connectivity index (χ1v) is 5.24. The summed E-state index contributed by atoms with van der Waals surface area (Å²) in [6, 6.07) is 4.56. The third-order valence-electron chi connectivity index (χ3n) is 2.90. The third kappa shape index (κ3) is 1.75. The van der Waals surface area contributed by atoms with E-state index in [1.807, 2.05) is 6.92 Å². The predicted molar refractivity (Wildman–Crippen MR) is 58.9 cm³/mol. The van der Waals surface area contributed by atoms with Crippen LogP contribution in [0.15, 0.2) is 18.2 Å². The molecular weight excluding hydrogens is 209 g/mol. The second-order valence-corrected chi connectivity index (χ2v) is 3.98. The number of rotatable bonds is 2. The highest BCUT2D eigenvalue weighted by Crippen LogP contribution is 2.30. The summed E-state index contributed by atoms with van der Waals surface area (Å²) in [7, 11) is 1.35. The van der Waals surface area contributed by atoms with Gasteiger partial charge in [-0.25, -0.2) is 9.18 Å². The Bertz CT molecular complexity index is 419. The Morgan fingerprint density at radius 3 is 2.88 bits per heavy atom. The van der Waals surface area contributed by atoms with Crippen molar-refractivity contribution in [2.24, 2.45) is 0 Å². The number of esters is 1. The van der Waals surface area contributed by atoms with Crippen LogP contribution in [-0.4, -0.2) is 25.7 Å². The molecule has 1 heterocycles. The maximum Gasteiger partial charge on any atom is 0.328 e. The number of aryl methyl sites for hydroxylation is 1. The lowest BCUT2D eigenvalue weighted by Gasteiger charge is -2.40. The van der Waals surface area contributed by atoms with E-state index in [9.17, 15) is 9.18 Å². The van der Waals surface area contributed by atoms with E-state index in [0.29, 0.717) is 12.2 Å². The van der Waals surface area contributed by atoms with Crippen molar-refractivity contribution in [3.05, 3.63) is 29.6 Å². The smallest absolute Gasteiger partial charge is 0.328 e. The number of hydrogen-bond donors (Lipinski definition) is 0. The van der Waals surface area contributed by atoms with Gasteiger partial charge in [-0.2, -0.15) is 0 Å². The van der Waals surface area contributed by atoms with Crippen LogP contribution < -0.4 is 4.90 Å². The molecule has 2 rings (SSSR count). The molecule has 0 saturated carbocycles. The van der Waals surface area contributed by atoms with Crippen molar-refractivity contribution in [2.75, 3.05) is 18.6 Å². The fourth-order valence-electron chi connectivity index (χ4n) is 1.90. The standard InChI is InChI=1S/C12H14FNO2/c1-8-3-4-9(13)11(7-8)14-6-5-10(14)12(15)16-2/h3-4,7,10H,5-6H2,1-2H3. The van der Waals surface area contributed by atoms with Crippen LogP contribution in [-0.2, 0) is 9.53 Å². The number of anilines is 1. The minimum atomic E-state index is -0.332. The van der Waals surface area contributed by atoms with Crippen LogP contribution in [0.4, 0.5) is 10.1 Å². The molecule has 0 spiro atoms. The molecule has 0 aromatic heterocycles. The van der Waals surface area contributed by atoms with Gasteiger partial charge in [-0.15, -0.1) is 0 Å². The maximum atomic E-state index is 13.6. The second-order valence-electron chi connectivity index (χ2n) is 3.98. The van der Waals surface area contributed by atoms with Crippen LogP contribution in [0.2, 0.25) is 0 Å². The number of ether oxygens (including phenoxy) is 1. The molecule has 1 saturated heterocycles. The Kier molecular flexibility index (Phi) is 2.81. The van der Waals surface area contributed by atoms with Gasteiger partial charge in [0.1, 0.15) is 11.9 Å². The van der Waals surface area contributed by atoms with Crippen molar-refractivity contribution in [2.45, 2.75) is 19.4 Å². The number of hydrogen-bond acceptors (Lipinski definition) is 3. The van der Waals surface area contributed by atoms with Gasteiger partial charge in [0, 0.05) is 6.54 Å².